The zero-order valence-corrected chi connectivity index (χ0v) is 12.5. The first-order valence-corrected chi connectivity index (χ1v) is 7.89. The molecule has 1 saturated carbocycles. The van der Waals surface area contributed by atoms with Gasteiger partial charge >= 0.3 is 0 Å². The molecule has 1 N–H and O–H groups in total. The predicted octanol–water partition coefficient (Wildman–Crippen LogP) is 2.19. The number of nitrogens with one attached hydrogen (secondary N) is 1. The van der Waals surface area contributed by atoms with E-state index in [2.05, 4.69) is 35.5 Å². The molecule has 1 aliphatic heterocycles. The fourth-order valence-corrected chi connectivity index (χ4v) is 2.88. The fourth-order valence-electron chi connectivity index (χ4n) is 2.88. The Kier molecular flexibility index (Phi) is 4.71. The average Bonchev–Trinajstić information content (AvgIpc) is 3.28. The largest absolute Gasteiger partial charge is 0.380 e. The number of benzene rings is 1. The van der Waals surface area contributed by atoms with Crippen molar-refractivity contribution in [1.82, 2.24) is 10.2 Å². The van der Waals surface area contributed by atoms with Gasteiger partial charge in [-0.1, -0.05) is 18.2 Å². The number of rotatable bonds is 7. The van der Waals surface area contributed by atoms with Gasteiger partial charge in [0.1, 0.15) is 0 Å². The highest BCUT2D eigenvalue weighted by atomic mass is 16.5. The lowest BCUT2D eigenvalue weighted by Gasteiger charge is -2.23. The Morgan fingerprint density at radius 3 is 3.10 bits per heavy atom. The highest BCUT2D eigenvalue weighted by Crippen LogP contribution is 2.28. The summed E-state index contributed by atoms with van der Waals surface area (Å²) in [6.07, 6.45) is 3.91. The van der Waals surface area contributed by atoms with Crippen LogP contribution in [0.3, 0.4) is 0 Å². The zero-order chi connectivity index (χ0) is 13.8. The van der Waals surface area contributed by atoms with Crippen LogP contribution in [0.15, 0.2) is 18.2 Å². The van der Waals surface area contributed by atoms with Crippen LogP contribution in [-0.2, 0) is 24.2 Å². The molecular formula is C17H26N2O. The van der Waals surface area contributed by atoms with Gasteiger partial charge in [-0.2, -0.15) is 0 Å². The van der Waals surface area contributed by atoms with Crippen molar-refractivity contribution in [1.29, 1.82) is 0 Å². The Balaban J connectivity index is 1.48. The molecule has 0 aromatic heterocycles. The van der Waals surface area contributed by atoms with Gasteiger partial charge in [-0.3, -0.25) is 4.90 Å². The average molecular weight is 274 g/mol. The van der Waals surface area contributed by atoms with E-state index in [4.69, 9.17) is 4.74 Å². The minimum atomic E-state index is 0.865. The molecule has 1 aliphatic carbocycles. The summed E-state index contributed by atoms with van der Waals surface area (Å²) in [5.41, 5.74) is 4.54. The molecule has 3 nitrogen and oxygen atoms in total. The summed E-state index contributed by atoms with van der Waals surface area (Å²) in [7, 11) is 2.20. The third-order valence-electron chi connectivity index (χ3n) is 4.35. The molecule has 1 heterocycles. The molecule has 2 aliphatic rings. The first kappa shape index (κ1) is 14.1. The van der Waals surface area contributed by atoms with Gasteiger partial charge in [0.2, 0.25) is 0 Å². The van der Waals surface area contributed by atoms with Crippen molar-refractivity contribution in [2.75, 3.05) is 33.4 Å². The lowest BCUT2D eigenvalue weighted by molar-refractivity contribution is 0.102. The maximum atomic E-state index is 5.73. The van der Waals surface area contributed by atoms with Crippen molar-refractivity contribution < 1.29 is 4.74 Å². The summed E-state index contributed by atoms with van der Waals surface area (Å²) in [4.78, 5) is 2.38. The van der Waals surface area contributed by atoms with Gasteiger partial charge in [-0.05, 0) is 55.5 Å². The van der Waals surface area contributed by atoms with Crippen molar-refractivity contribution in [3.8, 4) is 0 Å². The number of ether oxygens (including phenoxy) is 1. The maximum absolute atomic E-state index is 5.73. The second-order valence-corrected chi connectivity index (χ2v) is 6.24. The van der Waals surface area contributed by atoms with E-state index in [1.165, 1.54) is 24.0 Å². The molecule has 110 valence electrons. The number of hydrogen-bond donors (Lipinski definition) is 1. The smallest absolute Gasteiger partial charge is 0.0593 e. The Bertz CT molecular complexity index is 443. The standard InChI is InChI=1S/C17H26N2O/c1-19(9-10-20-13-14-5-6-14)12-16-4-2-3-15-11-18-8-7-17(15)16/h2-4,14,18H,5-13H2,1H3. The predicted molar refractivity (Wildman–Crippen MR) is 81.7 cm³/mol. The van der Waals surface area contributed by atoms with Gasteiger partial charge in [-0.15, -0.1) is 0 Å². The van der Waals surface area contributed by atoms with Crippen LogP contribution >= 0.6 is 0 Å². The molecule has 1 aromatic carbocycles. The first-order valence-electron chi connectivity index (χ1n) is 7.89. The molecular weight excluding hydrogens is 248 g/mol. The Morgan fingerprint density at radius 1 is 1.35 bits per heavy atom. The minimum Gasteiger partial charge on any atom is -0.380 e. The van der Waals surface area contributed by atoms with Gasteiger partial charge in [0.25, 0.3) is 0 Å². The SMILES string of the molecule is CN(CCOCC1CC1)Cc1cccc2c1CCNC2. The van der Waals surface area contributed by atoms with Crippen LogP contribution in [0, 0.1) is 5.92 Å². The highest BCUT2D eigenvalue weighted by molar-refractivity contribution is 5.36. The molecule has 0 unspecified atom stereocenters. The van der Waals surface area contributed by atoms with Crippen LogP contribution in [-0.4, -0.2) is 38.3 Å². The zero-order valence-electron chi connectivity index (χ0n) is 12.5. The third kappa shape index (κ3) is 3.81. The topological polar surface area (TPSA) is 24.5 Å². The van der Waals surface area contributed by atoms with Crippen LogP contribution in [0.4, 0.5) is 0 Å². The Morgan fingerprint density at radius 2 is 2.25 bits per heavy atom. The molecule has 0 spiro atoms. The van der Waals surface area contributed by atoms with Crippen LogP contribution in [0.25, 0.3) is 0 Å². The molecule has 3 heteroatoms. The summed E-state index contributed by atoms with van der Waals surface area (Å²) in [5.74, 6) is 0.869. The van der Waals surface area contributed by atoms with Crippen LogP contribution in [0.1, 0.15) is 29.5 Å². The van der Waals surface area contributed by atoms with E-state index in [1.807, 2.05) is 0 Å². The normalized spacial score (nSPS) is 18.3. The second-order valence-electron chi connectivity index (χ2n) is 6.24. The minimum absolute atomic E-state index is 0.865. The second kappa shape index (κ2) is 6.70. The van der Waals surface area contributed by atoms with Gasteiger partial charge in [0.05, 0.1) is 6.61 Å². The van der Waals surface area contributed by atoms with Crippen LogP contribution in [0.5, 0.6) is 0 Å². The van der Waals surface area contributed by atoms with Crippen molar-refractivity contribution in [2.45, 2.75) is 32.4 Å². The van der Waals surface area contributed by atoms with E-state index in [1.54, 1.807) is 5.56 Å². The molecule has 0 atom stereocenters. The Hall–Kier alpha value is -0.900. The Labute approximate surface area is 122 Å². The lowest BCUT2D eigenvalue weighted by atomic mass is 9.95. The van der Waals surface area contributed by atoms with Gasteiger partial charge in [-0.25, -0.2) is 0 Å². The van der Waals surface area contributed by atoms with Crippen LogP contribution < -0.4 is 5.32 Å². The van der Waals surface area contributed by atoms with E-state index >= 15 is 0 Å². The summed E-state index contributed by atoms with van der Waals surface area (Å²) in [6.45, 7) is 6.03. The van der Waals surface area contributed by atoms with Gasteiger partial charge in [0.15, 0.2) is 0 Å². The molecule has 20 heavy (non-hydrogen) atoms. The first-order chi connectivity index (χ1) is 9.83. The molecule has 3 rings (SSSR count). The number of likely N-dealkylation sites (N-methyl/N-ethyl adjacent to an activating group) is 1. The van der Waals surface area contributed by atoms with E-state index in [0.717, 1.165) is 51.7 Å². The summed E-state index contributed by atoms with van der Waals surface area (Å²) >= 11 is 0. The quantitative estimate of drug-likeness (QED) is 0.771. The summed E-state index contributed by atoms with van der Waals surface area (Å²) in [5, 5.41) is 3.45. The molecule has 0 amide bonds. The summed E-state index contributed by atoms with van der Waals surface area (Å²) in [6, 6.07) is 6.73. The highest BCUT2D eigenvalue weighted by Gasteiger charge is 2.21. The van der Waals surface area contributed by atoms with Crippen molar-refractivity contribution >= 4 is 0 Å². The number of nitrogens with zero attached hydrogens (tertiary/aromatic N) is 1. The van der Waals surface area contributed by atoms with Crippen molar-refractivity contribution in [3.05, 3.63) is 34.9 Å². The van der Waals surface area contributed by atoms with Crippen molar-refractivity contribution in [3.63, 3.8) is 0 Å². The molecule has 0 bridgehead atoms. The van der Waals surface area contributed by atoms with Crippen LogP contribution in [0.2, 0.25) is 0 Å². The molecule has 0 radical (unpaired) electrons. The van der Waals surface area contributed by atoms with E-state index < -0.39 is 0 Å². The molecule has 1 aromatic rings. The van der Waals surface area contributed by atoms with E-state index in [9.17, 15) is 0 Å². The number of fused-ring (bicyclic) bond motifs is 1. The van der Waals surface area contributed by atoms with E-state index in [-0.39, 0.29) is 0 Å². The summed E-state index contributed by atoms with van der Waals surface area (Å²) < 4.78 is 5.73. The van der Waals surface area contributed by atoms with Gasteiger partial charge in [0, 0.05) is 26.2 Å². The molecule has 1 fully saturated rings. The molecule has 0 saturated heterocycles. The van der Waals surface area contributed by atoms with E-state index in [0.29, 0.717) is 0 Å². The number of hydrogen-bond acceptors (Lipinski definition) is 3. The van der Waals surface area contributed by atoms with Gasteiger partial charge < -0.3 is 10.1 Å². The van der Waals surface area contributed by atoms with Crippen molar-refractivity contribution in [2.24, 2.45) is 5.92 Å². The lowest BCUT2D eigenvalue weighted by Crippen LogP contribution is -2.27. The third-order valence-corrected chi connectivity index (χ3v) is 4.35. The monoisotopic (exact) mass is 274 g/mol. The fraction of sp³-hybridized carbons (Fsp3) is 0.647. The maximum Gasteiger partial charge on any atom is 0.0593 e.